The van der Waals surface area contributed by atoms with Gasteiger partial charge in [0.15, 0.2) is 5.96 Å². The number of guanidine groups is 1. The van der Waals surface area contributed by atoms with Gasteiger partial charge < -0.3 is 5.73 Å². The number of nitrogens with two attached hydrogens (primary N) is 1. The first-order valence-electron chi connectivity index (χ1n) is 3.16. The maximum absolute atomic E-state index is 12.0. The number of hydrogen-bond acceptors (Lipinski definition) is 3. The van der Waals surface area contributed by atoms with E-state index in [0.717, 1.165) is 0 Å². The highest BCUT2D eigenvalue weighted by atomic mass is 79.9. The lowest BCUT2D eigenvalue weighted by Crippen LogP contribution is -2.49. The van der Waals surface area contributed by atoms with Crippen molar-refractivity contribution in [1.82, 2.24) is 4.90 Å². The van der Waals surface area contributed by atoms with Crippen molar-refractivity contribution in [3.8, 4) is 0 Å². The summed E-state index contributed by atoms with van der Waals surface area (Å²) in [6, 6.07) is 0. The highest BCUT2D eigenvalue weighted by Crippen LogP contribution is 2.22. The second-order valence-corrected chi connectivity index (χ2v) is 2.21. The third-order valence-electron chi connectivity index (χ3n) is 1.40. The Labute approximate surface area is 78.2 Å². The van der Waals surface area contributed by atoms with Crippen molar-refractivity contribution in [2.45, 2.75) is 12.7 Å². The SMILES string of the molecule is Br.NC1=NCCCN1C(F)(F)F. The largest absolute Gasteiger partial charge is 0.487 e. The van der Waals surface area contributed by atoms with Crippen LogP contribution in [0.3, 0.4) is 0 Å². The fourth-order valence-electron chi connectivity index (χ4n) is 0.879. The first-order valence-corrected chi connectivity index (χ1v) is 3.16. The Morgan fingerprint density at radius 2 is 2.00 bits per heavy atom. The quantitative estimate of drug-likeness (QED) is 0.652. The second-order valence-electron chi connectivity index (χ2n) is 2.21. The van der Waals surface area contributed by atoms with E-state index in [1.807, 2.05) is 0 Å². The van der Waals surface area contributed by atoms with Crippen molar-refractivity contribution in [2.24, 2.45) is 10.7 Å². The summed E-state index contributed by atoms with van der Waals surface area (Å²) in [4.78, 5) is 3.63. The van der Waals surface area contributed by atoms with Crippen molar-refractivity contribution in [1.29, 1.82) is 0 Å². The van der Waals surface area contributed by atoms with Crippen LogP contribution in [0.5, 0.6) is 0 Å². The molecule has 1 aliphatic heterocycles. The molecule has 0 aromatic heterocycles. The zero-order chi connectivity index (χ0) is 8.48. The van der Waals surface area contributed by atoms with Gasteiger partial charge >= 0.3 is 6.30 Å². The molecule has 1 heterocycles. The molecule has 3 nitrogen and oxygen atoms in total. The zero-order valence-electron chi connectivity index (χ0n) is 6.14. The zero-order valence-corrected chi connectivity index (χ0v) is 7.85. The summed E-state index contributed by atoms with van der Waals surface area (Å²) in [5.74, 6) is -0.427. The van der Waals surface area contributed by atoms with Crippen LogP contribution in [0.4, 0.5) is 13.2 Å². The Kier molecular flexibility index (Phi) is 3.82. The van der Waals surface area contributed by atoms with Gasteiger partial charge in [0.1, 0.15) is 0 Å². The van der Waals surface area contributed by atoms with E-state index in [9.17, 15) is 13.2 Å². The van der Waals surface area contributed by atoms with Gasteiger partial charge in [0.2, 0.25) is 0 Å². The smallest absolute Gasteiger partial charge is 0.370 e. The van der Waals surface area contributed by atoms with Crippen LogP contribution in [0.1, 0.15) is 6.42 Å². The van der Waals surface area contributed by atoms with Crippen LogP contribution in [0, 0.1) is 0 Å². The van der Waals surface area contributed by atoms with Gasteiger partial charge in [-0.2, -0.15) is 0 Å². The van der Waals surface area contributed by atoms with Crippen molar-refractivity contribution in [3.05, 3.63) is 0 Å². The molecule has 0 bridgehead atoms. The summed E-state index contributed by atoms with van der Waals surface area (Å²) in [6.07, 6.45) is -3.98. The molecule has 1 rings (SSSR count). The molecular formula is C5H9BrF3N3. The van der Waals surface area contributed by atoms with Gasteiger partial charge in [-0.25, -0.2) is 0 Å². The normalized spacial score (nSPS) is 18.2. The van der Waals surface area contributed by atoms with Crippen LogP contribution in [0.15, 0.2) is 4.99 Å². The van der Waals surface area contributed by atoms with Gasteiger partial charge in [0.25, 0.3) is 0 Å². The molecule has 72 valence electrons. The molecule has 0 saturated heterocycles. The van der Waals surface area contributed by atoms with E-state index in [1.54, 1.807) is 0 Å². The van der Waals surface area contributed by atoms with Crippen LogP contribution in [0.2, 0.25) is 0 Å². The first kappa shape index (κ1) is 11.5. The summed E-state index contributed by atoms with van der Waals surface area (Å²) < 4.78 is 35.9. The van der Waals surface area contributed by atoms with Gasteiger partial charge in [-0.3, -0.25) is 9.89 Å². The molecule has 0 radical (unpaired) electrons. The third kappa shape index (κ3) is 2.54. The Morgan fingerprint density at radius 3 is 2.33 bits per heavy atom. The van der Waals surface area contributed by atoms with E-state index in [4.69, 9.17) is 5.73 Å². The number of alkyl halides is 3. The molecule has 0 aromatic rings. The van der Waals surface area contributed by atoms with Gasteiger partial charge in [0.05, 0.1) is 0 Å². The lowest BCUT2D eigenvalue weighted by Gasteiger charge is -2.28. The van der Waals surface area contributed by atoms with Crippen molar-refractivity contribution in [2.75, 3.05) is 13.1 Å². The predicted molar refractivity (Wildman–Crippen MR) is 44.2 cm³/mol. The molecule has 0 spiro atoms. The van der Waals surface area contributed by atoms with E-state index in [-0.39, 0.29) is 28.4 Å². The fourth-order valence-corrected chi connectivity index (χ4v) is 0.879. The molecule has 0 amide bonds. The second kappa shape index (κ2) is 3.97. The van der Waals surface area contributed by atoms with E-state index in [0.29, 0.717) is 13.0 Å². The molecular weight excluding hydrogens is 239 g/mol. The van der Waals surface area contributed by atoms with Gasteiger partial charge in [0, 0.05) is 13.1 Å². The minimum Gasteiger partial charge on any atom is -0.370 e. The van der Waals surface area contributed by atoms with Gasteiger partial charge in [-0.15, -0.1) is 30.2 Å². The van der Waals surface area contributed by atoms with Crippen molar-refractivity contribution in [3.63, 3.8) is 0 Å². The van der Waals surface area contributed by atoms with E-state index in [2.05, 4.69) is 4.99 Å². The van der Waals surface area contributed by atoms with Crippen LogP contribution >= 0.6 is 17.0 Å². The standard InChI is InChI=1S/C5H8F3N3.BrH/c6-5(7,8)11-3-1-2-10-4(11)9;/h1-3H2,(H2,9,10);1H. The first-order chi connectivity index (χ1) is 5.02. The highest BCUT2D eigenvalue weighted by Gasteiger charge is 2.39. The predicted octanol–water partition coefficient (Wildman–Crippen LogP) is 1.10. The Bertz CT molecular complexity index is 179. The van der Waals surface area contributed by atoms with Crippen LogP contribution in [-0.2, 0) is 0 Å². The lowest BCUT2D eigenvalue weighted by atomic mass is 10.3. The average Bonchev–Trinajstić information content (AvgIpc) is 1.86. The van der Waals surface area contributed by atoms with Crippen molar-refractivity contribution < 1.29 is 13.2 Å². The van der Waals surface area contributed by atoms with Crippen LogP contribution in [0.25, 0.3) is 0 Å². The lowest BCUT2D eigenvalue weighted by molar-refractivity contribution is -0.219. The molecule has 7 heteroatoms. The molecule has 0 saturated carbocycles. The Balaban J connectivity index is 0.00000121. The maximum Gasteiger partial charge on any atom is 0.487 e. The van der Waals surface area contributed by atoms with Crippen LogP contribution in [-0.4, -0.2) is 30.2 Å². The third-order valence-corrected chi connectivity index (χ3v) is 1.40. The maximum atomic E-state index is 12.0. The minimum absolute atomic E-state index is 0. The molecule has 1 aliphatic rings. The monoisotopic (exact) mass is 247 g/mol. The minimum atomic E-state index is -4.38. The average molecular weight is 248 g/mol. The molecule has 0 aliphatic carbocycles. The van der Waals surface area contributed by atoms with E-state index in [1.165, 1.54) is 0 Å². The number of nitrogens with zero attached hydrogens (tertiary/aromatic N) is 2. The molecule has 2 N–H and O–H groups in total. The van der Waals surface area contributed by atoms with E-state index < -0.39 is 12.3 Å². The molecule has 0 aromatic carbocycles. The fraction of sp³-hybridized carbons (Fsp3) is 0.800. The Morgan fingerprint density at radius 1 is 1.42 bits per heavy atom. The molecule has 0 atom stereocenters. The molecule has 0 fully saturated rings. The topological polar surface area (TPSA) is 41.6 Å². The summed E-state index contributed by atoms with van der Waals surface area (Å²) >= 11 is 0. The number of aliphatic imine (C=N–C) groups is 1. The molecule has 12 heavy (non-hydrogen) atoms. The van der Waals surface area contributed by atoms with E-state index >= 15 is 0 Å². The van der Waals surface area contributed by atoms with Crippen molar-refractivity contribution >= 4 is 22.9 Å². The van der Waals surface area contributed by atoms with Gasteiger partial charge in [-0.05, 0) is 6.42 Å². The summed E-state index contributed by atoms with van der Waals surface area (Å²) in [6.45, 7) is 0.303. The summed E-state index contributed by atoms with van der Waals surface area (Å²) in [5.41, 5.74) is 5.02. The summed E-state index contributed by atoms with van der Waals surface area (Å²) in [7, 11) is 0. The number of halogens is 4. The molecule has 0 unspecified atom stereocenters. The summed E-state index contributed by atoms with van der Waals surface area (Å²) in [5, 5.41) is 0. The van der Waals surface area contributed by atoms with Gasteiger partial charge in [-0.1, -0.05) is 0 Å². The van der Waals surface area contributed by atoms with Crippen LogP contribution < -0.4 is 5.73 Å². The Hall–Kier alpha value is -0.460. The number of rotatable bonds is 0. The highest BCUT2D eigenvalue weighted by molar-refractivity contribution is 8.93. The number of hydrogen-bond donors (Lipinski definition) is 1.